The molecule has 0 aliphatic carbocycles. The molecule has 7 heteroatoms. The van der Waals surface area contributed by atoms with Gasteiger partial charge in [0, 0.05) is 11.6 Å². The molecule has 110 valence electrons. The van der Waals surface area contributed by atoms with Gasteiger partial charge in [0.05, 0.1) is 22.3 Å². The first-order valence-electron chi connectivity index (χ1n) is 6.36. The van der Waals surface area contributed by atoms with Crippen molar-refractivity contribution in [2.24, 2.45) is 11.7 Å². The van der Waals surface area contributed by atoms with Crippen LogP contribution in [0.5, 0.6) is 0 Å². The fraction of sp³-hybridized carbons (Fsp3) is 0.462. The fourth-order valence-electron chi connectivity index (χ4n) is 2.29. The minimum Gasteiger partial charge on any atom is -0.330 e. The van der Waals surface area contributed by atoms with E-state index in [4.69, 9.17) is 40.5 Å². The highest BCUT2D eigenvalue weighted by Gasteiger charge is 2.23. The van der Waals surface area contributed by atoms with E-state index in [1.54, 1.807) is 12.1 Å². The van der Waals surface area contributed by atoms with Crippen LogP contribution in [0.3, 0.4) is 0 Å². The molecule has 0 bridgehead atoms. The van der Waals surface area contributed by atoms with Crippen LogP contribution in [0.15, 0.2) is 12.1 Å². The number of carbonyl (C=O) groups is 1. The molecule has 1 saturated heterocycles. The van der Waals surface area contributed by atoms with Crippen LogP contribution in [0, 0.1) is 5.92 Å². The Morgan fingerprint density at radius 1 is 1.35 bits per heavy atom. The maximum atomic E-state index is 12.0. The summed E-state index contributed by atoms with van der Waals surface area (Å²) in [5.74, 6) is 0.333. The van der Waals surface area contributed by atoms with Crippen LogP contribution in [0.2, 0.25) is 15.1 Å². The molecule has 1 heterocycles. The molecule has 0 aromatic heterocycles. The number of nitrogens with two attached hydrogens (primary N) is 1. The molecule has 0 saturated carbocycles. The van der Waals surface area contributed by atoms with Gasteiger partial charge < -0.3 is 11.1 Å². The lowest BCUT2D eigenvalue weighted by Crippen LogP contribution is -2.32. The van der Waals surface area contributed by atoms with Gasteiger partial charge in [-0.15, -0.1) is 0 Å². The van der Waals surface area contributed by atoms with Crippen LogP contribution < -0.4 is 11.1 Å². The molecule has 1 unspecified atom stereocenters. The highest BCUT2D eigenvalue weighted by molar-refractivity contribution is 6.42. The first-order chi connectivity index (χ1) is 9.49. The van der Waals surface area contributed by atoms with Gasteiger partial charge in [-0.1, -0.05) is 34.8 Å². The minimum absolute atomic E-state index is 0.145. The number of carbonyl (C=O) groups excluding carboxylic acids is 1. The zero-order valence-electron chi connectivity index (χ0n) is 10.8. The van der Waals surface area contributed by atoms with E-state index >= 15 is 0 Å². The van der Waals surface area contributed by atoms with Crippen molar-refractivity contribution in [3.05, 3.63) is 27.2 Å². The highest BCUT2D eigenvalue weighted by Crippen LogP contribution is 2.33. The molecule has 1 aliphatic heterocycles. The number of nitrogens with one attached hydrogen (secondary N) is 1. The number of amides is 1. The van der Waals surface area contributed by atoms with Gasteiger partial charge in [0.1, 0.15) is 0 Å². The van der Waals surface area contributed by atoms with Gasteiger partial charge in [-0.2, -0.15) is 0 Å². The standard InChI is InChI=1S/C13H16Cl3N3O/c14-9-3-10(15)13(11(16)4-9)18-12(20)7-19-2-1-8(5-17)6-19/h3-4,8H,1-2,5-7,17H2,(H,18,20). The molecule has 0 spiro atoms. The zero-order valence-corrected chi connectivity index (χ0v) is 13.1. The molecular formula is C13H16Cl3N3O. The quantitative estimate of drug-likeness (QED) is 0.889. The minimum atomic E-state index is -0.145. The molecule has 0 radical (unpaired) electrons. The average molecular weight is 337 g/mol. The van der Waals surface area contributed by atoms with Crippen molar-refractivity contribution in [2.45, 2.75) is 6.42 Å². The number of nitrogens with zero attached hydrogens (tertiary/aromatic N) is 1. The van der Waals surface area contributed by atoms with Crippen LogP contribution in [-0.4, -0.2) is 37.0 Å². The second kappa shape index (κ2) is 6.96. The lowest BCUT2D eigenvalue weighted by molar-refractivity contribution is -0.117. The van der Waals surface area contributed by atoms with E-state index in [1.807, 2.05) is 0 Å². The Morgan fingerprint density at radius 3 is 2.55 bits per heavy atom. The summed E-state index contributed by atoms with van der Waals surface area (Å²) >= 11 is 17.9. The average Bonchev–Trinajstić information content (AvgIpc) is 2.81. The number of hydrogen-bond donors (Lipinski definition) is 2. The number of anilines is 1. The van der Waals surface area contributed by atoms with Crippen molar-refractivity contribution in [3.8, 4) is 0 Å². The van der Waals surface area contributed by atoms with Crippen molar-refractivity contribution in [1.29, 1.82) is 0 Å². The third kappa shape index (κ3) is 3.99. The molecule has 1 aromatic rings. The third-order valence-corrected chi connectivity index (χ3v) is 4.16. The maximum absolute atomic E-state index is 12.0. The number of halogens is 3. The molecule has 1 aromatic carbocycles. The molecular weight excluding hydrogens is 321 g/mol. The van der Waals surface area contributed by atoms with Crippen molar-refractivity contribution >= 4 is 46.4 Å². The Kier molecular flexibility index (Phi) is 5.52. The molecule has 20 heavy (non-hydrogen) atoms. The van der Waals surface area contributed by atoms with E-state index in [0.717, 1.165) is 19.5 Å². The Morgan fingerprint density at radius 2 is 2.00 bits per heavy atom. The van der Waals surface area contributed by atoms with E-state index in [0.29, 0.717) is 39.8 Å². The molecule has 1 fully saturated rings. The summed E-state index contributed by atoms with van der Waals surface area (Å²) < 4.78 is 0. The van der Waals surface area contributed by atoms with Gasteiger partial charge in [-0.05, 0) is 37.6 Å². The molecule has 2 rings (SSSR count). The van der Waals surface area contributed by atoms with Gasteiger partial charge in [0.2, 0.25) is 5.91 Å². The van der Waals surface area contributed by atoms with Crippen LogP contribution in [0.4, 0.5) is 5.69 Å². The molecule has 3 N–H and O–H groups in total. The van der Waals surface area contributed by atoms with Gasteiger partial charge in [-0.3, -0.25) is 9.69 Å². The Hall–Kier alpha value is -0.520. The van der Waals surface area contributed by atoms with E-state index in [2.05, 4.69) is 10.2 Å². The normalized spacial score (nSPS) is 19.3. The largest absolute Gasteiger partial charge is 0.330 e. The second-order valence-corrected chi connectivity index (χ2v) is 6.17. The first-order valence-corrected chi connectivity index (χ1v) is 7.49. The highest BCUT2D eigenvalue weighted by atomic mass is 35.5. The van der Waals surface area contributed by atoms with Crippen LogP contribution in [0.1, 0.15) is 6.42 Å². The van der Waals surface area contributed by atoms with Crippen molar-refractivity contribution < 1.29 is 4.79 Å². The number of likely N-dealkylation sites (tertiary alicyclic amines) is 1. The smallest absolute Gasteiger partial charge is 0.238 e. The Labute approximate surface area is 133 Å². The summed E-state index contributed by atoms with van der Waals surface area (Å²) in [6.07, 6.45) is 1.03. The fourth-order valence-corrected chi connectivity index (χ4v) is 3.20. The van der Waals surface area contributed by atoms with Gasteiger partial charge >= 0.3 is 0 Å². The predicted octanol–water partition coefficient (Wildman–Crippen LogP) is 2.87. The topological polar surface area (TPSA) is 58.4 Å². The van der Waals surface area contributed by atoms with E-state index < -0.39 is 0 Å². The monoisotopic (exact) mass is 335 g/mol. The number of benzene rings is 1. The summed E-state index contributed by atoms with van der Waals surface area (Å²) in [5, 5.41) is 3.83. The lowest BCUT2D eigenvalue weighted by Gasteiger charge is -2.16. The SMILES string of the molecule is NCC1CCN(CC(=O)Nc2c(Cl)cc(Cl)cc2Cl)C1. The zero-order chi connectivity index (χ0) is 14.7. The summed E-state index contributed by atoms with van der Waals surface area (Å²) in [6.45, 7) is 2.71. The predicted molar refractivity (Wildman–Crippen MR) is 83.7 cm³/mol. The van der Waals surface area contributed by atoms with Crippen molar-refractivity contribution in [1.82, 2.24) is 4.90 Å². The molecule has 4 nitrogen and oxygen atoms in total. The summed E-state index contributed by atoms with van der Waals surface area (Å²) in [4.78, 5) is 14.1. The van der Waals surface area contributed by atoms with Crippen molar-refractivity contribution in [3.63, 3.8) is 0 Å². The van der Waals surface area contributed by atoms with Crippen LogP contribution >= 0.6 is 34.8 Å². The van der Waals surface area contributed by atoms with E-state index in [9.17, 15) is 4.79 Å². The third-order valence-electron chi connectivity index (χ3n) is 3.34. The van der Waals surface area contributed by atoms with Gasteiger partial charge in [0.15, 0.2) is 0 Å². The number of hydrogen-bond acceptors (Lipinski definition) is 3. The first kappa shape index (κ1) is 15.9. The second-order valence-electron chi connectivity index (χ2n) is 4.92. The van der Waals surface area contributed by atoms with E-state index in [1.165, 1.54) is 0 Å². The summed E-state index contributed by atoms with van der Waals surface area (Å²) in [7, 11) is 0. The molecule has 1 amide bonds. The molecule has 1 aliphatic rings. The summed E-state index contributed by atoms with van der Waals surface area (Å²) in [5.41, 5.74) is 6.03. The lowest BCUT2D eigenvalue weighted by atomic mass is 10.1. The molecule has 1 atom stereocenters. The maximum Gasteiger partial charge on any atom is 0.238 e. The van der Waals surface area contributed by atoms with Crippen molar-refractivity contribution in [2.75, 3.05) is 31.5 Å². The number of rotatable bonds is 4. The van der Waals surface area contributed by atoms with Gasteiger partial charge in [-0.25, -0.2) is 0 Å². The Bertz CT molecular complexity index is 487. The van der Waals surface area contributed by atoms with Crippen LogP contribution in [0.25, 0.3) is 0 Å². The summed E-state index contributed by atoms with van der Waals surface area (Å²) in [6, 6.07) is 3.09. The van der Waals surface area contributed by atoms with E-state index in [-0.39, 0.29) is 5.91 Å². The van der Waals surface area contributed by atoms with Gasteiger partial charge in [0.25, 0.3) is 0 Å². The van der Waals surface area contributed by atoms with Crippen LogP contribution in [-0.2, 0) is 4.79 Å². The Balaban J connectivity index is 1.95.